The predicted molar refractivity (Wildman–Crippen MR) is 90.5 cm³/mol. The third-order valence-corrected chi connectivity index (χ3v) is 4.57. The number of methoxy groups -OCH3 is 1. The maximum Gasteiger partial charge on any atom is 0.277 e. The normalized spacial score (nSPS) is 18.3. The number of nitrogens with zero attached hydrogens (tertiary/aromatic N) is 2. The molecule has 0 atom stereocenters. The molecule has 0 unspecified atom stereocenters. The van der Waals surface area contributed by atoms with Crippen molar-refractivity contribution in [2.24, 2.45) is 0 Å². The van der Waals surface area contributed by atoms with Crippen LogP contribution in [0.4, 0.5) is 0 Å². The van der Waals surface area contributed by atoms with E-state index in [1.807, 2.05) is 4.90 Å². The van der Waals surface area contributed by atoms with Crippen LogP contribution >= 0.6 is 0 Å². The number of amides is 2. The van der Waals surface area contributed by atoms with Crippen LogP contribution in [0.2, 0.25) is 0 Å². The highest BCUT2D eigenvalue weighted by molar-refractivity contribution is 5.94. The van der Waals surface area contributed by atoms with Gasteiger partial charge in [-0.25, -0.2) is 5.06 Å². The SMILES string of the molecule is COc1cc(C(=O)N2CCCO2)ccc1OC1CCN(C(C)=O)CC1. The van der Waals surface area contributed by atoms with Crippen LogP contribution in [0.25, 0.3) is 0 Å². The molecule has 2 saturated heterocycles. The number of benzene rings is 1. The smallest absolute Gasteiger partial charge is 0.277 e. The molecule has 1 aromatic rings. The van der Waals surface area contributed by atoms with Crippen LogP contribution in [0.1, 0.15) is 36.5 Å². The maximum atomic E-state index is 12.4. The number of carbonyl (C=O) groups is 2. The lowest BCUT2D eigenvalue weighted by Crippen LogP contribution is -2.40. The van der Waals surface area contributed by atoms with Gasteiger partial charge in [0, 0.05) is 38.4 Å². The van der Waals surface area contributed by atoms with Crippen molar-refractivity contribution in [3.63, 3.8) is 0 Å². The number of hydrogen-bond donors (Lipinski definition) is 0. The van der Waals surface area contributed by atoms with Crippen molar-refractivity contribution < 1.29 is 23.9 Å². The van der Waals surface area contributed by atoms with Gasteiger partial charge < -0.3 is 14.4 Å². The molecule has 0 radical (unpaired) electrons. The number of piperidine rings is 1. The molecule has 2 heterocycles. The van der Waals surface area contributed by atoms with Crippen LogP contribution < -0.4 is 9.47 Å². The van der Waals surface area contributed by atoms with E-state index in [2.05, 4.69) is 0 Å². The van der Waals surface area contributed by atoms with E-state index in [1.165, 1.54) is 5.06 Å². The van der Waals surface area contributed by atoms with E-state index >= 15 is 0 Å². The molecular formula is C18H24N2O5. The Balaban J connectivity index is 1.66. The third-order valence-electron chi connectivity index (χ3n) is 4.57. The van der Waals surface area contributed by atoms with Crippen LogP contribution in [0.3, 0.4) is 0 Å². The number of likely N-dealkylation sites (tertiary alicyclic amines) is 1. The lowest BCUT2D eigenvalue weighted by molar-refractivity contribution is -0.130. The lowest BCUT2D eigenvalue weighted by Gasteiger charge is -2.31. The standard InChI is InChI=1S/C18H24N2O5/c1-13(21)19-9-6-15(7-10-19)25-16-5-4-14(12-17(16)23-2)18(22)20-8-3-11-24-20/h4-5,12,15H,3,6-11H2,1-2H3. The molecule has 0 bridgehead atoms. The Hall–Kier alpha value is -2.28. The topological polar surface area (TPSA) is 68.3 Å². The van der Waals surface area contributed by atoms with Crippen LogP contribution in [0.5, 0.6) is 11.5 Å². The molecule has 1 aromatic carbocycles. The Labute approximate surface area is 147 Å². The molecule has 0 spiro atoms. The molecule has 0 N–H and O–H groups in total. The summed E-state index contributed by atoms with van der Waals surface area (Å²) in [5.41, 5.74) is 0.512. The number of rotatable bonds is 4. The Morgan fingerprint density at radius 2 is 1.92 bits per heavy atom. The van der Waals surface area contributed by atoms with Gasteiger partial charge in [-0.15, -0.1) is 0 Å². The van der Waals surface area contributed by atoms with Crippen molar-refractivity contribution in [3.05, 3.63) is 23.8 Å². The molecule has 3 rings (SSSR count). The summed E-state index contributed by atoms with van der Waals surface area (Å²) in [7, 11) is 1.56. The summed E-state index contributed by atoms with van der Waals surface area (Å²) in [5, 5.41) is 1.38. The molecule has 0 aliphatic carbocycles. The third kappa shape index (κ3) is 4.04. The monoisotopic (exact) mass is 348 g/mol. The molecule has 7 nitrogen and oxygen atoms in total. The van der Waals surface area contributed by atoms with Crippen LogP contribution in [0, 0.1) is 0 Å². The molecule has 0 saturated carbocycles. The summed E-state index contributed by atoms with van der Waals surface area (Å²) in [6.45, 7) is 4.16. The molecule has 25 heavy (non-hydrogen) atoms. The first-order chi connectivity index (χ1) is 12.1. The number of hydrogen-bond acceptors (Lipinski definition) is 5. The second-order valence-electron chi connectivity index (χ2n) is 6.28. The summed E-state index contributed by atoms with van der Waals surface area (Å²) in [5.74, 6) is 1.07. The van der Waals surface area contributed by atoms with Gasteiger partial charge in [0.2, 0.25) is 5.91 Å². The molecule has 0 aromatic heterocycles. The highest BCUT2D eigenvalue weighted by Gasteiger charge is 2.25. The summed E-state index contributed by atoms with van der Waals surface area (Å²) in [6, 6.07) is 5.18. The van der Waals surface area contributed by atoms with E-state index < -0.39 is 0 Å². The fourth-order valence-corrected chi connectivity index (χ4v) is 3.12. The van der Waals surface area contributed by atoms with Crippen molar-refractivity contribution in [2.45, 2.75) is 32.3 Å². The molecule has 7 heteroatoms. The molecule has 2 fully saturated rings. The van der Waals surface area contributed by atoms with Crippen molar-refractivity contribution in [1.82, 2.24) is 9.96 Å². The molecule has 2 aliphatic heterocycles. The summed E-state index contributed by atoms with van der Waals surface area (Å²) >= 11 is 0. The number of ether oxygens (including phenoxy) is 2. The first-order valence-electron chi connectivity index (χ1n) is 8.63. The largest absolute Gasteiger partial charge is 0.493 e. The zero-order valence-corrected chi connectivity index (χ0v) is 14.7. The number of carbonyl (C=O) groups excluding carboxylic acids is 2. The van der Waals surface area contributed by atoms with E-state index in [4.69, 9.17) is 14.3 Å². The van der Waals surface area contributed by atoms with Crippen LogP contribution in [0.15, 0.2) is 18.2 Å². The first kappa shape index (κ1) is 17.5. The average Bonchev–Trinajstić information content (AvgIpc) is 3.16. The summed E-state index contributed by atoms with van der Waals surface area (Å²) in [4.78, 5) is 30.9. The van der Waals surface area contributed by atoms with Crippen LogP contribution in [-0.4, -0.2) is 61.2 Å². The molecule has 2 aliphatic rings. The van der Waals surface area contributed by atoms with E-state index in [-0.39, 0.29) is 17.9 Å². The van der Waals surface area contributed by atoms with Gasteiger partial charge in [0.1, 0.15) is 6.10 Å². The minimum Gasteiger partial charge on any atom is -0.493 e. The quantitative estimate of drug-likeness (QED) is 0.831. The summed E-state index contributed by atoms with van der Waals surface area (Å²) < 4.78 is 11.4. The predicted octanol–water partition coefficient (Wildman–Crippen LogP) is 1.86. The summed E-state index contributed by atoms with van der Waals surface area (Å²) in [6.07, 6.45) is 2.45. The average molecular weight is 348 g/mol. The highest BCUT2D eigenvalue weighted by Crippen LogP contribution is 2.31. The Morgan fingerprint density at radius 3 is 2.52 bits per heavy atom. The van der Waals surface area contributed by atoms with E-state index in [0.29, 0.717) is 43.3 Å². The zero-order chi connectivity index (χ0) is 17.8. The van der Waals surface area contributed by atoms with Gasteiger partial charge >= 0.3 is 0 Å². The van der Waals surface area contributed by atoms with Crippen molar-refractivity contribution in [1.29, 1.82) is 0 Å². The maximum absolute atomic E-state index is 12.4. The Morgan fingerprint density at radius 1 is 1.16 bits per heavy atom. The van der Waals surface area contributed by atoms with E-state index in [1.54, 1.807) is 32.2 Å². The Kier molecular flexibility index (Phi) is 5.43. The van der Waals surface area contributed by atoms with Gasteiger partial charge in [-0.2, -0.15) is 0 Å². The van der Waals surface area contributed by atoms with Crippen molar-refractivity contribution in [2.75, 3.05) is 33.4 Å². The molecule has 136 valence electrons. The fraction of sp³-hybridized carbons (Fsp3) is 0.556. The van der Waals surface area contributed by atoms with Crippen LogP contribution in [-0.2, 0) is 9.63 Å². The minimum absolute atomic E-state index is 0.0352. The lowest BCUT2D eigenvalue weighted by atomic mass is 10.1. The van der Waals surface area contributed by atoms with Gasteiger partial charge in [0.05, 0.1) is 20.3 Å². The van der Waals surface area contributed by atoms with Gasteiger partial charge in [-0.1, -0.05) is 0 Å². The van der Waals surface area contributed by atoms with E-state index in [9.17, 15) is 9.59 Å². The van der Waals surface area contributed by atoms with E-state index in [0.717, 1.165) is 19.3 Å². The Bertz CT molecular complexity index is 634. The van der Waals surface area contributed by atoms with Gasteiger partial charge in [-0.3, -0.25) is 14.4 Å². The second kappa shape index (κ2) is 7.74. The highest BCUT2D eigenvalue weighted by atomic mass is 16.7. The molecular weight excluding hydrogens is 324 g/mol. The van der Waals surface area contributed by atoms with Crippen molar-refractivity contribution in [3.8, 4) is 11.5 Å². The zero-order valence-electron chi connectivity index (χ0n) is 14.7. The second-order valence-corrected chi connectivity index (χ2v) is 6.28. The number of hydroxylamine groups is 2. The first-order valence-corrected chi connectivity index (χ1v) is 8.63. The van der Waals surface area contributed by atoms with Gasteiger partial charge in [0.15, 0.2) is 11.5 Å². The molecule has 2 amide bonds. The van der Waals surface area contributed by atoms with Gasteiger partial charge in [0.25, 0.3) is 5.91 Å². The van der Waals surface area contributed by atoms with Gasteiger partial charge in [-0.05, 0) is 24.6 Å². The minimum atomic E-state index is -0.169. The van der Waals surface area contributed by atoms with Crippen molar-refractivity contribution >= 4 is 11.8 Å². The fourth-order valence-electron chi connectivity index (χ4n) is 3.12.